The Balaban J connectivity index is 2.24. The predicted octanol–water partition coefficient (Wildman–Crippen LogP) is 1.95. The number of ether oxygens (including phenoxy) is 2. The minimum Gasteiger partial charge on any atom is -0.382 e. The molecule has 1 fully saturated rings. The maximum absolute atomic E-state index is 10.9. The fraction of sp³-hybridized carbons (Fsp3) is 0.571. The molecular formula is C14H20O3. The lowest BCUT2D eigenvalue weighted by atomic mass is 9.79. The average molecular weight is 236 g/mol. The van der Waals surface area contributed by atoms with Crippen LogP contribution >= 0.6 is 0 Å². The van der Waals surface area contributed by atoms with Gasteiger partial charge in [-0.05, 0) is 18.4 Å². The summed E-state index contributed by atoms with van der Waals surface area (Å²) in [5, 5.41) is 10.9. The van der Waals surface area contributed by atoms with Crippen molar-refractivity contribution >= 4 is 0 Å². The molecule has 94 valence electrons. The summed E-state index contributed by atoms with van der Waals surface area (Å²) in [4.78, 5) is 0. The summed E-state index contributed by atoms with van der Waals surface area (Å²) in [6.07, 6.45) is 1.98. The highest BCUT2D eigenvalue weighted by Crippen LogP contribution is 2.35. The van der Waals surface area contributed by atoms with Gasteiger partial charge in [-0.1, -0.05) is 30.3 Å². The van der Waals surface area contributed by atoms with Crippen LogP contribution in [0.5, 0.6) is 0 Å². The number of hydrogen-bond donors (Lipinski definition) is 1. The quantitative estimate of drug-likeness (QED) is 0.868. The third kappa shape index (κ3) is 2.68. The lowest BCUT2D eigenvalue weighted by molar-refractivity contribution is -0.119. The normalized spacial score (nSPS) is 24.2. The second-order valence-electron chi connectivity index (χ2n) is 4.64. The summed E-state index contributed by atoms with van der Waals surface area (Å²) in [7, 11) is 1.62. The van der Waals surface area contributed by atoms with Crippen molar-refractivity contribution in [2.24, 2.45) is 5.92 Å². The van der Waals surface area contributed by atoms with Crippen molar-refractivity contribution in [2.45, 2.75) is 18.4 Å². The summed E-state index contributed by atoms with van der Waals surface area (Å²) >= 11 is 0. The summed E-state index contributed by atoms with van der Waals surface area (Å²) in [5.74, 6) is 0.110. The molecule has 0 amide bonds. The number of rotatable bonds is 4. The van der Waals surface area contributed by atoms with Crippen molar-refractivity contribution < 1.29 is 14.6 Å². The molecule has 1 N–H and O–H groups in total. The monoisotopic (exact) mass is 236 g/mol. The molecule has 1 aromatic carbocycles. The zero-order valence-corrected chi connectivity index (χ0v) is 10.3. The molecule has 0 aliphatic carbocycles. The van der Waals surface area contributed by atoms with E-state index in [1.165, 1.54) is 0 Å². The number of benzene rings is 1. The van der Waals surface area contributed by atoms with Crippen molar-refractivity contribution in [1.82, 2.24) is 0 Å². The van der Waals surface area contributed by atoms with Crippen LogP contribution in [0.2, 0.25) is 0 Å². The van der Waals surface area contributed by atoms with Crippen LogP contribution in [0.1, 0.15) is 18.4 Å². The molecule has 2 atom stereocenters. The molecule has 0 spiro atoms. The van der Waals surface area contributed by atoms with E-state index in [-0.39, 0.29) is 5.92 Å². The summed E-state index contributed by atoms with van der Waals surface area (Å²) < 4.78 is 10.7. The Hall–Kier alpha value is -0.900. The van der Waals surface area contributed by atoms with Gasteiger partial charge < -0.3 is 14.6 Å². The molecule has 0 saturated carbocycles. The third-order valence-electron chi connectivity index (χ3n) is 3.47. The molecule has 3 nitrogen and oxygen atoms in total. The number of hydrogen-bond acceptors (Lipinski definition) is 3. The van der Waals surface area contributed by atoms with Crippen molar-refractivity contribution in [2.75, 3.05) is 26.9 Å². The first-order valence-corrected chi connectivity index (χ1v) is 6.12. The molecule has 0 radical (unpaired) electrons. The van der Waals surface area contributed by atoms with Crippen LogP contribution in [0.25, 0.3) is 0 Å². The van der Waals surface area contributed by atoms with Crippen molar-refractivity contribution in [3.8, 4) is 0 Å². The van der Waals surface area contributed by atoms with Gasteiger partial charge in [0.25, 0.3) is 0 Å². The van der Waals surface area contributed by atoms with Gasteiger partial charge in [-0.25, -0.2) is 0 Å². The van der Waals surface area contributed by atoms with E-state index in [9.17, 15) is 5.11 Å². The summed E-state index contributed by atoms with van der Waals surface area (Å²) in [6.45, 7) is 1.72. The van der Waals surface area contributed by atoms with E-state index in [4.69, 9.17) is 9.47 Å². The second-order valence-corrected chi connectivity index (χ2v) is 4.64. The largest absolute Gasteiger partial charge is 0.382 e. The Kier molecular flexibility index (Phi) is 4.15. The van der Waals surface area contributed by atoms with Gasteiger partial charge in [0.15, 0.2) is 0 Å². The molecule has 2 unspecified atom stereocenters. The van der Waals surface area contributed by atoms with Gasteiger partial charge >= 0.3 is 0 Å². The van der Waals surface area contributed by atoms with E-state index in [1.54, 1.807) is 7.11 Å². The van der Waals surface area contributed by atoms with Crippen LogP contribution in [-0.4, -0.2) is 32.0 Å². The molecule has 17 heavy (non-hydrogen) atoms. The Morgan fingerprint density at radius 3 is 2.76 bits per heavy atom. The molecule has 0 bridgehead atoms. The molecule has 1 heterocycles. The van der Waals surface area contributed by atoms with Crippen LogP contribution in [0.15, 0.2) is 30.3 Å². The van der Waals surface area contributed by atoms with Crippen molar-refractivity contribution in [3.63, 3.8) is 0 Å². The molecule has 2 rings (SSSR count). The van der Waals surface area contributed by atoms with Gasteiger partial charge in [0.05, 0.1) is 13.2 Å². The minimum atomic E-state index is -0.934. The fourth-order valence-corrected chi connectivity index (χ4v) is 2.50. The first-order valence-electron chi connectivity index (χ1n) is 6.12. The van der Waals surface area contributed by atoms with Gasteiger partial charge in [-0.3, -0.25) is 0 Å². The molecule has 1 saturated heterocycles. The molecule has 1 aliphatic heterocycles. The lowest BCUT2D eigenvalue weighted by Crippen LogP contribution is -2.43. The van der Waals surface area contributed by atoms with Gasteiger partial charge in [-0.2, -0.15) is 0 Å². The minimum absolute atomic E-state index is 0.110. The third-order valence-corrected chi connectivity index (χ3v) is 3.47. The predicted molar refractivity (Wildman–Crippen MR) is 65.8 cm³/mol. The van der Waals surface area contributed by atoms with Gasteiger partial charge in [-0.15, -0.1) is 0 Å². The SMILES string of the molecule is COCC(O)(c1ccccc1)C1CCCOC1. The Morgan fingerprint density at radius 1 is 1.41 bits per heavy atom. The number of aliphatic hydroxyl groups is 1. The van der Waals surface area contributed by atoms with Crippen LogP contribution in [-0.2, 0) is 15.1 Å². The van der Waals surface area contributed by atoms with E-state index in [0.29, 0.717) is 13.2 Å². The first kappa shape index (κ1) is 12.6. The fourth-order valence-electron chi connectivity index (χ4n) is 2.50. The van der Waals surface area contributed by atoms with Gasteiger partial charge in [0, 0.05) is 19.6 Å². The lowest BCUT2D eigenvalue weighted by Gasteiger charge is -2.38. The zero-order chi connectivity index (χ0) is 12.1. The maximum atomic E-state index is 10.9. The Bertz CT molecular complexity index is 333. The van der Waals surface area contributed by atoms with E-state index >= 15 is 0 Å². The molecule has 1 aliphatic rings. The van der Waals surface area contributed by atoms with E-state index in [0.717, 1.165) is 25.0 Å². The first-order chi connectivity index (χ1) is 8.27. The van der Waals surface area contributed by atoms with Crippen molar-refractivity contribution in [1.29, 1.82) is 0 Å². The van der Waals surface area contributed by atoms with Crippen LogP contribution in [0, 0.1) is 5.92 Å². The summed E-state index contributed by atoms with van der Waals surface area (Å²) in [6, 6.07) is 9.74. The topological polar surface area (TPSA) is 38.7 Å². The molecular weight excluding hydrogens is 216 g/mol. The Morgan fingerprint density at radius 2 is 2.18 bits per heavy atom. The molecule has 1 aromatic rings. The standard InChI is InChI=1S/C14H20O3/c1-16-11-14(15,12-6-3-2-4-7-12)13-8-5-9-17-10-13/h2-4,6-7,13,15H,5,8-11H2,1H3. The molecule has 0 aromatic heterocycles. The highest BCUT2D eigenvalue weighted by Gasteiger charge is 2.39. The van der Waals surface area contributed by atoms with Crippen LogP contribution in [0.3, 0.4) is 0 Å². The van der Waals surface area contributed by atoms with E-state index in [2.05, 4.69) is 0 Å². The number of methoxy groups -OCH3 is 1. The van der Waals surface area contributed by atoms with E-state index < -0.39 is 5.60 Å². The maximum Gasteiger partial charge on any atom is 0.118 e. The molecule has 3 heteroatoms. The van der Waals surface area contributed by atoms with Crippen molar-refractivity contribution in [3.05, 3.63) is 35.9 Å². The van der Waals surface area contributed by atoms with E-state index in [1.807, 2.05) is 30.3 Å². The highest BCUT2D eigenvalue weighted by molar-refractivity contribution is 5.23. The smallest absolute Gasteiger partial charge is 0.118 e. The Labute approximate surface area is 102 Å². The van der Waals surface area contributed by atoms with Gasteiger partial charge in [0.1, 0.15) is 5.60 Å². The second kappa shape index (κ2) is 5.63. The zero-order valence-electron chi connectivity index (χ0n) is 10.3. The summed E-state index contributed by atoms with van der Waals surface area (Å²) in [5.41, 5.74) is -0.0199. The van der Waals surface area contributed by atoms with Crippen LogP contribution < -0.4 is 0 Å². The average Bonchev–Trinajstić information content (AvgIpc) is 2.41. The van der Waals surface area contributed by atoms with Crippen LogP contribution in [0.4, 0.5) is 0 Å². The highest BCUT2D eigenvalue weighted by atomic mass is 16.5. The van der Waals surface area contributed by atoms with Gasteiger partial charge in [0.2, 0.25) is 0 Å².